The van der Waals surface area contributed by atoms with Gasteiger partial charge in [-0.05, 0) is 38.1 Å². The molecule has 29 heavy (non-hydrogen) atoms. The predicted molar refractivity (Wildman–Crippen MR) is 109 cm³/mol. The summed E-state index contributed by atoms with van der Waals surface area (Å²) in [6.45, 7) is 3.69. The van der Waals surface area contributed by atoms with E-state index in [2.05, 4.69) is 5.32 Å². The average molecular weight is 444 g/mol. The molecule has 0 spiro atoms. The van der Waals surface area contributed by atoms with Crippen LogP contribution >= 0.6 is 22.9 Å². The Hall–Kier alpha value is -2.45. The highest BCUT2D eigenvalue weighted by Gasteiger charge is 2.31. The lowest BCUT2D eigenvalue weighted by molar-refractivity contribution is -0.137. The molecule has 0 atom stereocenters. The molecule has 0 aliphatic carbocycles. The van der Waals surface area contributed by atoms with E-state index < -0.39 is 17.6 Å². The molecule has 0 fully saturated rings. The highest BCUT2D eigenvalue weighted by Crippen LogP contribution is 2.40. The van der Waals surface area contributed by atoms with Gasteiger partial charge >= 0.3 is 6.18 Å². The molecular formula is C20H17ClF3NO3S. The summed E-state index contributed by atoms with van der Waals surface area (Å²) in [6.07, 6.45) is -4.61. The van der Waals surface area contributed by atoms with Crippen molar-refractivity contribution >= 4 is 44.6 Å². The number of methoxy groups -OCH3 is 1. The lowest BCUT2D eigenvalue weighted by Crippen LogP contribution is -2.14. The van der Waals surface area contributed by atoms with Crippen molar-refractivity contribution in [2.75, 3.05) is 12.4 Å². The minimum Gasteiger partial charge on any atom is -0.497 e. The van der Waals surface area contributed by atoms with Crippen molar-refractivity contribution in [1.29, 1.82) is 0 Å². The number of hydrogen-bond donors (Lipinski definition) is 1. The second kappa shape index (κ2) is 8.12. The Morgan fingerprint density at radius 1 is 1.17 bits per heavy atom. The topological polar surface area (TPSA) is 47.6 Å². The third-order valence-electron chi connectivity index (χ3n) is 3.96. The zero-order valence-corrected chi connectivity index (χ0v) is 17.3. The zero-order chi connectivity index (χ0) is 21.3. The number of thiophene rings is 1. The molecule has 3 aromatic rings. The first-order valence-corrected chi connectivity index (χ1v) is 9.75. The van der Waals surface area contributed by atoms with Gasteiger partial charge in [-0.1, -0.05) is 17.7 Å². The number of carbonyl (C=O) groups is 1. The molecule has 3 rings (SSSR count). The molecule has 0 bridgehead atoms. The summed E-state index contributed by atoms with van der Waals surface area (Å²) in [4.78, 5) is 12.9. The molecule has 0 saturated carbocycles. The van der Waals surface area contributed by atoms with E-state index >= 15 is 0 Å². The molecule has 1 aromatic heterocycles. The fraction of sp³-hybridized carbons (Fsp3) is 0.250. The Morgan fingerprint density at radius 3 is 2.52 bits per heavy atom. The van der Waals surface area contributed by atoms with E-state index in [1.165, 1.54) is 13.2 Å². The molecule has 0 aliphatic heterocycles. The van der Waals surface area contributed by atoms with E-state index in [9.17, 15) is 18.0 Å². The van der Waals surface area contributed by atoms with Crippen molar-refractivity contribution in [1.82, 2.24) is 0 Å². The van der Waals surface area contributed by atoms with Crippen LogP contribution in [0.3, 0.4) is 0 Å². The van der Waals surface area contributed by atoms with Gasteiger partial charge in [-0.3, -0.25) is 4.79 Å². The standard InChI is InChI=1S/C20H17ClF3NO3S/c1-10(2)28-15-7-5-12(27-3)9-14(15)25-19(26)18-17(21)13-6-4-11(20(22,23)24)8-16(13)29-18/h4-10H,1-3H3,(H,25,26). The number of fused-ring (bicyclic) bond motifs is 1. The lowest BCUT2D eigenvalue weighted by Gasteiger charge is -2.15. The second-order valence-electron chi connectivity index (χ2n) is 6.44. The molecule has 1 amide bonds. The Labute approximate surface area is 174 Å². The number of amides is 1. The predicted octanol–water partition coefficient (Wildman–Crippen LogP) is 6.62. The molecular weight excluding hydrogens is 427 g/mol. The van der Waals surface area contributed by atoms with Crippen molar-refractivity contribution in [2.24, 2.45) is 0 Å². The number of hydrogen-bond acceptors (Lipinski definition) is 4. The van der Waals surface area contributed by atoms with Gasteiger partial charge in [0.15, 0.2) is 0 Å². The number of rotatable bonds is 5. The zero-order valence-electron chi connectivity index (χ0n) is 15.7. The molecule has 9 heteroatoms. The van der Waals surface area contributed by atoms with Gasteiger partial charge in [0, 0.05) is 16.2 Å². The highest BCUT2D eigenvalue weighted by atomic mass is 35.5. The van der Waals surface area contributed by atoms with Crippen LogP contribution in [0.15, 0.2) is 36.4 Å². The van der Waals surface area contributed by atoms with Crippen molar-refractivity contribution in [3.8, 4) is 11.5 Å². The maximum Gasteiger partial charge on any atom is 0.416 e. The summed E-state index contributed by atoms with van der Waals surface area (Å²) >= 11 is 7.18. The van der Waals surface area contributed by atoms with Crippen molar-refractivity contribution in [2.45, 2.75) is 26.1 Å². The first-order chi connectivity index (χ1) is 13.6. The minimum absolute atomic E-state index is 0.102. The van der Waals surface area contributed by atoms with Crippen LogP contribution in [0.5, 0.6) is 11.5 Å². The SMILES string of the molecule is COc1ccc(OC(C)C)c(NC(=O)c2sc3cc(C(F)(F)F)ccc3c2Cl)c1. The summed E-state index contributed by atoms with van der Waals surface area (Å²) in [5, 5.41) is 3.20. The van der Waals surface area contributed by atoms with Crippen LogP contribution in [0.25, 0.3) is 10.1 Å². The summed E-state index contributed by atoms with van der Waals surface area (Å²) in [6, 6.07) is 8.15. The second-order valence-corrected chi connectivity index (χ2v) is 7.87. The van der Waals surface area contributed by atoms with Crippen molar-refractivity contribution in [3.05, 3.63) is 51.9 Å². The number of carbonyl (C=O) groups excluding carboxylic acids is 1. The summed E-state index contributed by atoms with van der Waals surface area (Å²) in [5.41, 5.74) is -0.428. The van der Waals surface area contributed by atoms with E-state index in [0.29, 0.717) is 22.6 Å². The molecule has 0 unspecified atom stereocenters. The molecule has 0 saturated heterocycles. The first kappa shape index (κ1) is 21.3. The third kappa shape index (κ3) is 4.59. The number of ether oxygens (including phenoxy) is 2. The van der Waals surface area contributed by atoms with Crippen LogP contribution < -0.4 is 14.8 Å². The minimum atomic E-state index is -4.48. The maximum absolute atomic E-state index is 13.0. The van der Waals surface area contributed by atoms with Crippen LogP contribution in [0, 0.1) is 0 Å². The fourth-order valence-electron chi connectivity index (χ4n) is 2.66. The van der Waals surface area contributed by atoms with Gasteiger partial charge in [0.1, 0.15) is 16.4 Å². The van der Waals surface area contributed by atoms with E-state index in [1.807, 2.05) is 13.8 Å². The largest absolute Gasteiger partial charge is 0.497 e. The smallest absolute Gasteiger partial charge is 0.416 e. The molecule has 4 nitrogen and oxygen atoms in total. The van der Waals surface area contributed by atoms with Crippen molar-refractivity contribution < 1.29 is 27.4 Å². The van der Waals surface area contributed by atoms with E-state index in [4.69, 9.17) is 21.1 Å². The maximum atomic E-state index is 13.0. The van der Waals surface area contributed by atoms with Gasteiger partial charge in [-0.15, -0.1) is 11.3 Å². The normalized spacial score (nSPS) is 11.7. The molecule has 0 aliphatic rings. The van der Waals surface area contributed by atoms with E-state index in [0.717, 1.165) is 23.5 Å². The van der Waals surface area contributed by atoms with Crippen LogP contribution in [0.4, 0.5) is 18.9 Å². The van der Waals surface area contributed by atoms with Gasteiger partial charge < -0.3 is 14.8 Å². The molecule has 0 radical (unpaired) electrons. The quantitative estimate of drug-likeness (QED) is 0.482. The van der Waals surface area contributed by atoms with Gasteiger partial charge in [0.05, 0.1) is 29.5 Å². The van der Waals surface area contributed by atoms with Gasteiger partial charge in [0.25, 0.3) is 5.91 Å². The van der Waals surface area contributed by atoms with E-state index in [1.54, 1.807) is 18.2 Å². The highest BCUT2D eigenvalue weighted by molar-refractivity contribution is 7.21. The van der Waals surface area contributed by atoms with Crippen LogP contribution in [0.2, 0.25) is 5.02 Å². The summed E-state index contributed by atoms with van der Waals surface area (Å²) < 4.78 is 50.0. The molecule has 1 N–H and O–H groups in total. The third-order valence-corrected chi connectivity index (χ3v) is 5.62. The number of benzene rings is 2. The van der Waals surface area contributed by atoms with Gasteiger partial charge in [0.2, 0.25) is 0 Å². The molecule has 154 valence electrons. The fourth-order valence-corrected chi connectivity index (χ4v) is 4.11. The summed E-state index contributed by atoms with van der Waals surface area (Å²) in [5.74, 6) is 0.394. The molecule has 2 aromatic carbocycles. The number of anilines is 1. The number of halogens is 4. The average Bonchev–Trinajstić information content (AvgIpc) is 2.98. The first-order valence-electron chi connectivity index (χ1n) is 8.55. The Kier molecular flexibility index (Phi) is 5.95. The summed E-state index contributed by atoms with van der Waals surface area (Å²) in [7, 11) is 1.49. The van der Waals surface area contributed by atoms with Crippen LogP contribution in [0.1, 0.15) is 29.1 Å². The molecule has 1 heterocycles. The van der Waals surface area contributed by atoms with Crippen LogP contribution in [-0.4, -0.2) is 19.1 Å². The monoisotopic (exact) mass is 443 g/mol. The van der Waals surface area contributed by atoms with Crippen molar-refractivity contribution in [3.63, 3.8) is 0 Å². The number of alkyl halides is 3. The van der Waals surface area contributed by atoms with Gasteiger partial charge in [-0.25, -0.2) is 0 Å². The number of nitrogens with one attached hydrogen (secondary N) is 1. The van der Waals surface area contributed by atoms with Crippen LogP contribution in [-0.2, 0) is 6.18 Å². The Bertz CT molecular complexity index is 1060. The van der Waals surface area contributed by atoms with Gasteiger partial charge in [-0.2, -0.15) is 13.2 Å². The Morgan fingerprint density at radius 2 is 1.90 bits per heavy atom. The lowest BCUT2D eigenvalue weighted by atomic mass is 10.1. The van der Waals surface area contributed by atoms with E-state index in [-0.39, 0.29) is 20.7 Å². The Balaban J connectivity index is 1.97.